The average molecular weight is 240 g/mol. The Balaban J connectivity index is 1.85. The molecule has 2 aliphatic rings. The molecule has 0 radical (unpaired) electrons. The van der Waals surface area contributed by atoms with Gasteiger partial charge in [0.25, 0.3) is 0 Å². The van der Waals surface area contributed by atoms with Crippen molar-refractivity contribution < 1.29 is 4.74 Å². The summed E-state index contributed by atoms with van der Waals surface area (Å²) in [5.74, 6) is 0. The molecule has 17 heavy (non-hydrogen) atoms. The normalized spacial score (nSPS) is 37.2. The summed E-state index contributed by atoms with van der Waals surface area (Å²) in [7, 11) is 0. The zero-order chi connectivity index (χ0) is 12.3. The Morgan fingerprint density at radius 1 is 1.18 bits per heavy atom. The van der Waals surface area contributed by atoms with Crippen LogP contribution in [0.2, 0.25) is 0 Å². The molecule has 0 aromatic carbocycles. The van der Waals surface area contributed by atoms with Gasteiger partial charge in [0, 0.05) is 24.7 Å². The Morgan fingerprint density at radius 2 is 1.94 bits per heavy atom. The van der Waals surface area contributed by atoms with Crippen molar-refractivity contribution in [3.05, 3.63) is 0 Å². The molecule has 3 atom stereocenters. The third kappa shape index (κ3) is 3.21. The van der Waals surface area contributed by atoms with E-state index in [1.165, 1.54) is 19.3 Å². The fourth-order valence-corrected chi connectivity index (χ4v) is 3.41. The summed E-state index contributed by atoms with van der Waals surface area (Å²) in [6.45, 7) is 5.41. The number of ether oxygens (including phenoxy) is 1. The van der Waals surface area contributed by atoms with Crippen molar-refractivity contribution >= 4 is 0 Å². The first-order chi connectivity index (χ1) is 8.17. The Morgan fingerprint density at radius 3 is 2.53 bits per heavy atom. The van der Waals surface area contributed by atoms with Gasteiger partial charge in [0.1, 0.15) is 0 Å². The molecule has 1 saturated heterocycles. The van der Waals surface area contributed by atoms with E-state index in [2.05, 4.69) is 19.2 Å². The van der Waals surface area contributed by atoms with E-state index < -0.39 is 0 Å². The predicted octanol–water partition coefficient (Wildman–Crippen LogP) is 2.19. The van der Waals surface area contributed by atoms with Crippen molar-refractivity contribution in [2.24, 2.45) is 5.73 Å². The van der Waals surface area contributed by atoms with E-state index in [9.17, 15) is 0 Å². The van der Waals surface area contributed by atoms with Crippen molar-refractivity contribution in [3.8, 4) is 0 Å². The van der Waals surface area contributed by atoms with Crippen LogP contribution in [0.4, 0.5) is 0 Å². The van der Waals surface area contributed by atoms with Gasteiger partial charge in [-0.25, -0.2) is 0 Å². The summed E-state index contributed by atoms with van der Waals surface area (Å²) < 4.78 is 6.02. The Hall–Kier alpha value is -0.120. The van der Waals surface area contributed by atoms with Crippen LogP contribution in [-0.4, -0.2) is 30.3 Å². The van der Waals surface area contributed by atoms with E-state index in [1.54, 1.807) is 0 Å². The average Bonchev–Trinajstić information content (AvgIpc) is 2.75. The van der Waals surface area contributed by atoms with Crippen LogP contribution in [0.5, 0.6) is 0 Å². The van der Waals surface area contributed by atoms with Gasteiger partial charge in [0.15, 0.2) is 0 Å². The highest BCUT2D eigenvalue weighted by Gasteiger charge is 2.35. The Labute approximate surface area is 105 Å². The Bertz CT molecular complexity index is 240. The van der Waals surface area contributed by atoms with Gasteiger partial charge in [-0.1, -0.05) is 13.8 Å². The quantitative estimate of drug-likeness (QED) is 0.792. The van der Waals surface area contributed by atoms with Gasteiger partial charge in [0.2, 0.25) is 0 Å². The van der Waals surface area contributed by atoms with Crippen molar-refractivity contribution in [1.29, 1.82) is 0 Å². The summed E-state index contributed by atoms with van der Waals surface area (Å²) in [5.41, 5.74) is 6.11. The molecule has 3 heteroatoms. The second-order valence-electron chi connectivity index (χ2n) is 5.87. The molecule has 2 rings (SSSR count). The zero-order valence-electron chi connectivity index (χ0n) is 11.4. The smallest absolute Gasteiger partial charge is 0.0692 e. The number of nitrogens with one attached hydrogen (secondary N) is 1. The maximum absolute atomic E-state index is 6.02. The van der Waals surface area contributed by atoms with Crippen LogP contribution in [0, 0.1) is 0 Å². The number of hydrogen-bond donors (Lipinski definition) is 2. The summed E-state index contributed by atoms with van der Waals surface area (Å²) in [5, 5.41) is 3.81. The maximum atomic E-state index is 6.02. The van der Waals surface area contributed by atoms with Crippen LogP contribution in [0.25, 0.3) is 0 Å². The van der Waals surface area contributed by atoms with E-state index in [0.717, 1.165) is 32.3 Å². The van der Waals surface area contributed by atoms with Gasteiger partial charge >= 0.3 is 0 Å². The lowest BCUT2D eigenvalue weighted by molar-refractivity contribution is -0.0940. The summed E-state index contributed by atoms with van der Waals surface area (Å²) in [4.78, 5) is 0. The molecule has 0 aromatic heterocycles. The molecule has 0 bridgehead atoms. The predicted molar refractivity (Wildman–Crippen MR) is 71.0 cm³/mol. The Kier molecular flexibility index (Phi) is 4.45. The summed E-state index contributed by atoms with van der Waals surface area (Å²) >= 11 is 0. The maximum Gasteiger partial charge on any atom is 0.0692 e. The van der Waals surface area contributed by atoms with Crippen LogP contribution in [0.3, 0.4) is 0 Å². The molecule has 1 saturated carbocycles. The standard InChI is InChI=1S/C14H28N2O/c1-3-14(4-2)10-13(7-8-17-14)16-12-6-5-11(15)9-12/h11-13,16H,3-10,15H2,1-2H3. The molecule has 3 unspecified atom stereocenters. The molecular formula is C14H28N2O. The number of hydrogen-bond acceptors (Lipinski definition) is 3. The molecule has 1 heterocycles. The topological polar surface area (TPSA) is 47.3 Å². The van der Waals surface area contributed by atoms with Crippen LogP contribution >= 0.6 is 0 Å². The molecule has 1 aliphatic carbocycles. The first-order valence-electron chi connectivity index (χ1n) is 7.33. The molecule has 2 fully saturated rings. The van der Waals surface area contributed by atoms with Gasteiger partial charge in [-0.2, -0.15) is 0 Å². The SMILES string of the molecule is CCC1(CC)CC(NC2CCC(N)C2)CCO1. The van der Waals surface area contributed by atoms with Gasteiger partial charge in [-0.3, -0.25) is 0 Å². The highest BCUT2D eigenvalue weighted by molar-refractivity contribution is 4.91. The lowest BCUT2D eigenvalue weighted by atomic mass is 9.85. The first-order valence-corrected chi connectivity index (χ1v) is 7.33. The van der Waals surface area contributed by atoms with E-state index in [0.29, 0.717) is 18.1 Å². The van der Waals surface area contributed by atoms with Crippen molar-refractivity contribution in [1.82, 2.24) is 5.32 Å². The monoisotopic (exact) mass is 240 g/mol. The summed E-state index contributed by atoms with van der Waals surface area (Å²) in [6, 6.07) is 1.72. The van der Waals surface area contributed by atoms with Crippen LogP contribution in [0.1, 0.15) is 58.8 Å². The number of nitrogens with two attached hydrogens (primary N) is 1. The molecule has 100 valence electrons. The molecular weight excluding hydrogens is 212 g/mol. The highest BCUT2D eigenvalue weighted by Crippen LogP contribution is 2.32. The minimum atomic E-state index is 0.136. The van der Waals surface area contributed by atoms with Gasteiger partial charge in [0.05, 0.1) is 5.60 Å². The van der Waals surface area contributed by atoms with Crippen LogP contribution in [0.15, 0.2) is 0 Å². The third-order valence-corrected chi connectivity index (χ3v) is 4.73. The molecule has 0 aromatic rings. The van der Waals surface area contributed by atoms with Crippen LogP contribution < -0.4 is 11.1 Å². The summed E-state index contributed by atoms with van der Waals surface area (Å²) in [6.07, 6.45) is 8.19. The fraction of sp³-hybridized carbons (Fsp3) is 1.00. The zero-order valence-corrected chi connectivity index (χ0v) is 11.4. The van der Waals surface area contributed by atoms with Gasteiger partial charge in [-0.15, -0.1) is 0 Å². The van der Waals surface area contributed by atoms with Crippen molar-refractivity contribution in [2.45, 2.75) is 82.5 Å². The van der Waals surface area contributed by atoms with E-state index >= 15 is 0 Å². The largest absolute Gasteiger partial charge is 0.375 e. The van der Waals surface area contributed by atoms with Crippen molar-refractivity contribution in [2.75, 3.05) is 6.61 Å². The molecule has 1 aliphatic heterocycles. The van der Waals surface area contributed by atoms with Crippen LogP contribution in [-0.2, 0) is 4.74 Å². The molecule has 0 spiro atoms. The molecule has 3 nitrogen and oxygen atoms in total. The van der Waals surface area contributed by atoms with Gasteiger partial charge < -0.3 is 15.8 Å². The van der Waals surface area contributed by atoms with E-state index in [4.69, 9.17) is 10.5 Å². The second-order valence-corrected chi connectivity index (χ2v) is 5.87. The minimum absolute atomic E-state index is 0.136. The van der Waals surface area contributed by atoms with E-state index in [1.807, 2.05) is 0 Å². The molecule has 3 N–H and O–H groups in total. The van der Waals surface area contributed by atoms with Gasteiger partial charge in [-0.05, 0) is 44.9 Å². The lowest BCUT2D eigenvalue weighted by Crippen LogP contribution is -2.49. The fourth-order valence-electron chi connectivity index (χ4n) is 3.41. The third-order valence-electron chi connectivity index (χ3n) is 4.73. The number of rotatable bonds is 4. The first kappa shape index (κ1) is 13.3. The lowest BCUT2D eigenvalue weighted by Gasteiger charge is -2.41. The highest BCUT2D eigenvalue weighted by atomic mass is 16.5. The second kappa shape index (κ2) is 5.68. The van der Waals surface area contributed by atoms with E-state index in [-0.39, 0.29) is 5.60 Å². The van der Waals surface area contributed by atoms with Crippen molar-refractivity contribution in [3.63, 3.8) is 0 Å². The minimum Gasteiger partial charge on any atom is -0.375 e. The molecule has 0 amide bonds.